The van der Waals surface area contributed by atoms with Gasteiger partial charge in [-0.25, -0.2) is 0 Å². The Labute approximate surface area is 114 Å². The van der Waals surface area contributed by atoms with Gasteiger partial charge in [-0.2, -0.15) is 0 Å². The Bertz CT molecular complexity index is 550. The van der Waals surface area contributed by atoms with E-state index in [1.807, 2.05) is 0 Å². The van der Waals surface area contributed by atoms with Crippen LogP contribution in [0.3, 0.4) is 0 Å². The molecule has 1 heterocycles. The summed E-state index contributed by atoms with van der Waals surface area (Å²) < 4.78 is 5.53. The van der Waals surface area contributed by atoms with Crippen molar-refractivity contribution in [2.24, 2.45) is 0 Å². The Morgan fingerprint density at radius 2 is 2.00 bits per heavy atom. The van der Waals surface area contributed by atoms with Crippen LogP contribution in [0.2, 0.25) is 0 Å². The second-order valence-electron chi connectivity index (χ2n) is 5.05. The number of ether oxygens (including phenoxy) is 1. The van der Waals surface area contributed by atoms with E-state index in [4.69, 9.17) is 4.74 Å². The van der Waals surface area contributed by atoms with E-state index < -0.39 is 0 Å². The lowest BCUT2D eigenvalue weighted by atomic mass is 10.1. The van der Waals surface area contributed by atoms with Crippen molar-refractivity contribution >= 4 is 0 Å². The van der Waals surface area contributed by atoms with Gasteiger partial charge in [0.2, 0.25) is 0 Å². The lowest BCUT2D eigenvalue weighted by Gasteiger charge is -2.14. The SMILES string of the molecule is C[C@H](NCc1ccc2c(c1)CCO2)c1ccccc1. The van der Waals surface area contributed by atoms with Crippen LogP contribution in [-0.2, 0) is 13.0 Å². The van der Waals surface area contributed by atoms with Crippen molar-refractivity contribution in [1.82, 2.24) is 5.32 Å². The zero-order chi connectivity index (χ0) is 13.1. The lowest BCUT2D eigenvalue weighted by molar-refractivity contribution is 0.357. The minimum absolute atomic E-state index is 0.366. The number of rotatable bonds is 4. The molecular formula is C17H19NO. The number of fused-ring (bicyclic) bond motifs is 1. The molecule has 2 aromatic rings. The van der Waals surface area contributed by atoms with Gasteiger partial charge in [0, 0.05) is 19.0 Å². The third-order valence-electron chi connectivity index (χ3n) is 3.67. The van der Waals surface area contributed by atoms with Gasteiger partial charge in [-0.3, -0.25) is 0 Å². The van der Waals surface area contributed by atoms with Crippen LogP contribution in [0.4, 0.5) is 0 Å². The van der Waals surface area contributed by atoms with Gasteiger partial charge >= 0.3 is 0 Å². The lowest BCUT2D eigenvalue weighted by Crippen LogP contribution is -2.18. The van der Waals surface area contributed by atoms with Crippen molar-refractivity contribution in [3.8, 4) is 5.75 Å². The number of benzene rings is 2. The summed E-state index contributed by atoms with van der Waals surface area (Å²) >= 11 is 0. The summed E-state index contributed by atoms with van der Waals surface area (Å²) in [7, 11) is 0. The highest BCUT2D eigenvalue weighted by Gasteiger charge is 2.12. The van der Waals surface area contributed by atoms with Crippen LogP contribution in [0, 0.1) is 0 Å². The van der Waals surface area contributed by atoms with E-state index in [1.54, 1.807) is 0 Å². The quantitative estimate of drug-likeness (QED) is 0.900. The van der Waals surface area contributed by atoms with E-state index in [-0.39, 0.29) is 0 Å². The summed E-state index contributed by atoms with van der Waals surface area (Å²) in [5.74, 6) is 1.06. The van der Waals surface area contributed by atoms with Crippen molar-refractivity contribution in [2.75, 3.05) is 6.61 Å². The molecule has 3 rings (SSSR count). The third-order valence-corrected chi connectivity index (χ3v) is 3.67. The van der Waals surface area contributed by atoms with Gasteiger partial charge in [0.05, 0.1) is 6.61 Å². The van der Waals surface area contributed by atoms with E-state index in [0.29, 0.717) is 6.04 Å². The minimum Gasteiger partial charge on any atom is -0.493 e. The molecule has 0 fully saturated rings. The predicted molar refractivity (Wildman–Crippen MR) is 77.3 cm³/mol. The molecule has 1 atom stereocenters. The Balaban J connectivity index is 1.63. The molecule has 1 aliphatic rings. The molecule has 0 unspecified atom stereocenters. The first-order valence-corrected chi connectivity index (χ1v) is 6.86. The van der Waals surface area contributed by atoms with Crippen LogP contribution in [0.15, 0.2) is 48.5 Å². The maximum Gasteiger partial charge on any atom is 0.122 e. The van der Waals surface area contributed by atoms with E-state index in [1.165, 1.54) is 16.7 Å². The van der Waals surface area contributed by atoms with Crippen LogP contribution in [0.1, 0.15) is 29.7 Å². The fourth-order valence-corrected chi connectivity index (χ4v) is 2.48. The fraction of sp³-hybridized carbons (Fsp3) is 0.294. The number of hydrogen-bond donors (Lipinski definition) is 1. The van der Waals surface area contributed by atoms with E-state index in [0.717, 1.165) is 25.3 Å². The average Bonchev–Trinajstić information content (AvgIpc) is 2.93. The molecule has 0 saturated heterocycles. The fourth-order valence-electron chi connectivity index (χ4n) is 2.48. The van der Waals surface area contributed by atoms with Gasteiger partial charge < -0.3 is 10.1 Å². The Hall–Kier alpha value is -1.80. The normalized spacial score (nSPS) is 14.8. The van der Waals surface area contributed by atoms with Crippen molar-refractivity contribution in [2.45, 2.75) is 25.9 Å². The minimum atomic E-state index is 0.366. The van der Waals surface area contributed by atoms with Crippen molar-refractivity contribution < 1.29 is 4.74 Å². The molecule has 2 nitrogen and oxygen atoms in total. The predicted octanol–water partition coefficient (Wildman–Crippen LogP) is 3.47. The first-order valence-electron chi connectivity index (χ1n) is 6.86. The zero-order valence-electron chi connectivity index (χ0n) is 11.2. The van der Waals surface area contributed by atoms with Gasteiger partial charge in [0.1, 0.15) is 5.75 Å². The molecule has 2 aromatic carbocycles. The Kier molecular flexibility index (Phi) is 3.51. The summed E-state index contributed by atoms with van der Waals surface area (Å²) in [5, 5.41) is 3.57. The monoisotopic (exact) mass is 253 g/mol. The maximum absolute atomic E-state index is 5.53. The van der Waals surface area contributed by atoms with Gasteiger partial charge in [-0.05, 0) is 29.7 Å². The molecule has 0 bridgehead atoms. The Morgan fingerprint density at radius 1 is 1.16 bits per heavy atom. The summed E-state index contributed by atoms with van der Waals surface area (Å²) in [5.41, 5.74) is 3.99. The molecule has 0 radical (unpaired) electrons. The maximum atomic E-state index is 5.53. The van der Waals surface area contributed by atoms with Crippen molar-refractivity contribution in [3.05, 3.63) is 65.2 Å². The van der Waals surface area contributed by atoms with Crippen molar-refractivity contribution in [1.29, 1.82) is 0 Å². The smallest absolute Gasteiger partial charge is 0.122 e. The third kappa shape index (κ3) is 2.79. The molecule has 19 heavy (non-hydrogen) atoms. The standard InChI is InChI=1S/C17H19NO/c1-13(15-5-3-2-4-6-15)18-12-14-7-8-17-16(11-14)9-10-19-17/h2-8,11,13,18H,9-10,12H2,1H3/t13-/m0/s1. The topological polar surface area (TPSA) is 21.3 Å². The van der Waals surface area contributed by atoms with Crippen LogP contribution in [0.25, 0.3) is 0 Å². The second kappa shape index (κ2) is 5.45. The second-order valence-corrected chi connectivity index (χ2v) is 5.05. The Morgan fingerprint density at radius 3 is 2.84 bits per heavy atom. The average molecular weight is 253 g/mol. The van der Waals surface area contributed by atoms with E-state index >= 15 is 0 Å². The molecule has 1 aliphatic heterocycles. The van der Waals surface area contributed by atoms with Crippen molar-refractivity contribution in [3.63, 3.8) is 0 Å². The molecular weight excluding hydrogens is 234 g/mol. The first kappa shape index (κ1) is 12.2. The summed E-state index contributed by atoms with van der Waals surface area (Å²) in [6, 6.07) is 17.4. The van der Waals surface area contributed by atoms with Gasteiger partial charge in [0.25, 0.3) is 0 Å². The van der Waals surface area contributed by atoms with Gasteiger partial charge in [-0.15, -0.1) is 0 Å². The number of nitrogens with one attached hydrogen (secondary N) is 1. The summed E-state index contributed by atoms with van der Waals surface area (Å²) in [4.78, 5) is 0. The number of hydrogen-bond acceptors (Lipinski definition) is 2. The largest absolute Gasteiger partial charge is 0.493 e. The molecule has 0 amide bonds. The highest BCUT2D eigenvalue weighted by molar-refractivity contribution is 5.39. The van der Waals surface area contributed by atoms with Crippen LogP contribution < -0.4 is 10.1 Å². The molecule has 0 saturated carbocycles. The highest BCUT2D eigenvalue weighted by Crippen LogP contribution is 2.26. The van der Waals surface area contributed by atoms with Crippen LogP contribution in [0.5, 0.6) is 5.75 Å². The van der Waals surface area contributed by atoms with E-state index in [9.17, 15) is 0 Å². The molecule has 0 spiro atoms. The summed E-state index contributed by atoms with van der Waals surface area (Å²) in [6.07, 6.45) is 1.04. The summed E-state index contributed by atoms with van der Waals surface area (Å²) in [6.45, 7) is 3.92. The van der Waals surface area contributed by atoms with Crippen LogP contribution >= 0.6 is 0 Å². The van der Waals surface area contributed by atoms with E-state index in [2.05, 4.69) is 60.8 Å². The van der Waals surface area contributed by atoms with Gasteiger partial charge in [-0.1, -0.05) is 42.5 Å². The molecule has 0 aromatic heterocycles. The highest BCUT2D eigenvalue weighted by atomic mass is 16.5. The zero-order valence-corrected chi connectivity index (χ0v) is 11.2. The van der Waals surface area contributed by atoms with Gasteiger partial charge in [0.15, 0.2) is 0 Å². The molecule has 0 aliphatic carbocycles. The van der Waals surface area contributed by atoms with Crippen LogP contribution in [-0.4, -0.2) is 6.61 Å². The molecule has 98 valence electrons. The molecule has 2 heteroatoms. The molecule has 1 N–H and O–H groups in total. The first-order chi connectivity index (χ1) is 9.33.